The molecule has 104 valence electrons. The molecule has 0 saturated carbocycles. The standard InChI is InChI=1S/C10H19N3O3S2/c1-10(2,3)11-9(17)13-12-8(14)7-4-5-18(15,16)6-7/h7H,4-6H2,1-3H3,(H,12,14)(H2,11,13,17)/t7-/m0/s1. The van der Waals surface area contributed by atoms with Crippen molar-refractivity contribution < 1.29 is 13.2 Å². The van der Waals surface area contributed by atoms with Crippen LogP contribution in [0.3, 0.4) is 0 Å². The molecule has 6 nitrogen and oxygen atoms in total. The Balaban J connectivity index is 2.36. The molecular formula is C10H19N3O3S2. The quantitative estimate of drug-likeness (QED) is 0.455. The summed E-state index contributed by atoms with van der Waals surface area (Å²) in [6, 6.07) is 0. The minimum Gasteiger partial charge on any atom is -0.357 e. The smallest absolute Gasteiger partial charge is 0.242 e. The molecule has 0 spiro atoms. The fourth-order valence-corrected chi connectivity index (χ4v) is 3.69. The molecule has 1 aliphatic heterocycles. The first-order valence-corrected chi connectivity index (χ1v) is 7.90. The lowest BCUT2D eigenvalue weighted by Gasteiger charge is -2.23. The van der Waals surface area contributed by atoms with Gasteiger partial charge in [0, 0.05) is 5.54 Å². The highest BCUT2D eigenvalue weighted by atomic mass is 32.2. The predicted octanol–water partition coefficient (Wildman–Crippen LogP) is -0.285. The van der Waals surface area contributed by atoms with Crippen LogP contribution in [0, 0.1) is 5.92 Å². The van der Waals surface area contributed by atoms with Gasteiger partial charge in [-0.25, -0.2) is 8.42 Å². The van der Waals surface area contributed by atoms with E-state index in [1.54, 1.807) is 0 Å². The van der Waals surface area contributed by atoms with Gasteiger partial charge in [0.2, 0.25) is 5.91 Å². The van der Waals surface area contributed by atoms with Crippen LogP contribution in [-0.2, 0) is 14.6 Å². The van der Waals surface area contributed by atoms with Gasteiger partial charge in [-0.05, 0) is 39.4 Å². The molecule has 0 aromatic heterocycles. The Morgan fingerprint density at radius 1 is 1.28 bits per heavy atom. The molecule has 1 amide bonds. The fourth-order valence-electron chi connectivity index (χ4n) is 1.59. The molecule has 1 heterocycles. The van der Waals surface area contributed by atoms with E-state index in [1.165, 1.54) is 0 Å². The number of carbonyl (C=O) groups is 1. The highest BCUT2D eigenvalue weighted by molar-refractivity contribution is 7.91. The lowest BCUT2D eigenvalue weighted by molar-refractivity contribution is -0.124. The molecule has 3 N–H and O–H groups in total. The predicted molar refractivity (Wildman–Crippen MR) is 73.5 cm³/mol. The van der Waals surface area contributed by atoms with Gasteiger partial charge in [0.05, 0.1) is 17.4 Å². The summed E-state index contributed by atoms with van der Waals surface area (Å²) >= 11 is 4.99. The third kappa shape index (κ3) is 5.18. The van der Waals surface area contributed by atoms with Crippen molar-refractivity contribution in [2.24, 2.45) is 5.92 Å². The van der Waals surface area contributed by atoms with Gasteiger partial charge >= 0.3 is 0 Å². The number of hydrogen-bond acceptors (Lipinski definition) is 4. The Hall–Kier alpha value is -0.890. The third-order valence-electron chi connectivity index (χ3n) is 2.39. The molecular weight excluding hydrogens is 274 g/mol. The van der Waals surface area contributed by atoms with Crippen molar-refractivity contribution in [3.63, 3.8) is 0 Å². The summed E-state index contributed by atoms with van der Waals surface area (Å²) in [6.45, 7) is 5.81. The van der Waals surface area contributed by atoms with E-state index in [9.17, 15) is 13.2 Å². The summed E-state index contributed by atoms with van der Waals surface area (Å²) in [5.41, 5.74) is 4.79. The van der Waals surface area contributed by atoms with Crippen molar-refractivity contribution in [2.45, 2.75) is 32.7 Å². The summed E-state index contributed by atoms with van der Waals surface area (Å²) in [5.74, 6) is -0.829. The second-order valence-electron chi connectivity index (χ2n) is 5.42. The van der Waals surface area contributed by atoms with E-state index in [2.05, 4.69) is 16.2 Å². The van der Waals surface area contributed by atoms with E-state index in [-0.39, 0.29) is 23.0 Å². The average Bonchev–Trinajstić information content (AvgIpc) is 2.52. The Labute approximate surface area is 113 Å². The first-order valence-electron chi connectivity index (χ1n) is 5.67. The summed E-state index contributed by atoms with van der Waals surface area (Å²) in [6.07, 6.45) is 0.370. The molecule has 1 saturated heterocycles. The second-order valence-corrected chi connectivity index (χ2v) is 8.06. The molecule has 0 aromatic rings. The van der Waals surface area contributed by atoms with Gasteiger partial charge in [-0.1, -0.05) is 0 Å². The maximum atomic E-state index is 11.7. The van der Waals surface area contributed by atoms with Gasteiger partial charge in [-0.15, -0.1) is 0 Å². The Kier molecular flexibility index (Phi) is 4.55. The van der Waals surface area contributed by atoms with Crippen LogP contribution in [0.4, 0.5) is 0 Å². The number of amides is 1. The number of nitrogens with one attached hydrogen (secondary N) is 3. The molecule has 1 rings (SSSR count). The van der Waals surface area contributed by atoms with Crippen molar-refractivity contribution in [3.05, 3.63) is 0 Å². The lowest BCUT2D eigenvalue weighted by Crippen LogP contribution is -2.53. The molecule has 8 heteroatoms. The van der Waals surface area contributed by atoms with Gasteiger partial charge < -0.3 is 5.32 Å². The van der Waals surface area contributed by atoms with E-state index in [1.807, 2.05) is 20.8 Å². The molecule has 0 unspecified atom stereocenters. The van der Waals surface area contributed by atoms with E-state index < -0.39 is 15.8 Å². The highest BCUT2D eigenvalue weighted by Crippen LogP contribution is 2.17. The van der Waals surface area contributed by atoms with Crippen LogP contribution in [0.5, 0.6) is 0 Å². The Morgan fingerprint density at radius 3 is 2.33 bits per heavy atom. The first kappa shape index (κ1) is 15.2. The minimum absolute atomic E-state index is 0.0791. The summed E-state index contributed by atoms with van der Waals surface area (Å²) in [4.78, 5) is 11.7. The zero-order valence-electron chi connectivity index (χ0n) is 10.7. The molecule has 0 bridgehead atoms. The SMILES string of the molecule is CC(C)(C)NC(=S)NNC(=O)[C@H]1CCS(=O)(=O)C1. The minimum atomic E-state index is -3.04. The van der Waals surface area contributed by atoms with Crippen molar-refractivity contribution >= 4 is 33.1 Å². The van der Waals surface area contributed by atoms with Crippen LogP contribution in [0.1, 0.15) is 27.2 Å². The van der Waals surface area contributed by atoms with Crippen molar-refractivity contribution in [1.29, 1.82) is 0 Å². The van der Waals surface area contributed by atoms with Gasteiger partial charge in [0.25, 0.3) is 0 Å². The van der Waals surface area contributed by atoms with Gasteiger partial charge in [0.1, 0.15) is 0 Å². The number of sulfone groups is 1. The van der Waals surface area contributed by atoms with Crippen LogP contribution in [0.25, 0.3) is 0 Å². The largest absolute Gasteiger partial charge is 0.357 e. The van der Waals surface area contributed by atoms with Crippen molar-refractivity contribution in [1.82, 2.24) is 16.2 Å². The average molecular weight is 293 g/mol. The topological polar surface area (TPSA) is 87.3 Å². The van der Waals surface area contributed by atoms with Crippen molar-refractivity contribution in [2.75, 3.05) is 11.5 Å². The first-order chi connectivity index (χ1) is 8.09. The molecule has 0 radical (unpaired) electrons. The fraction of sp³-hybridized carbons (Fsp3) is 0.800. The summed E-state index contributed by atoms with van der Waals surface area (Å²) < 4.78 is 22.5. The van der Waals surface area contributed by atoms with E-state index in [0.29, 0.717) is 11.5 Å². The maximum absolute atomic E-state index is 11.7. The molecule has 1 fully saturated rings. The zero-order chi connectivity index (χ0) is 14.0. The number of carbonyl (C=O) groups excluding carboxylic acids is 1. The third-order valence-corrected chi connectivity index (χ3v) is 4.36. The second kappa shape index (κ2) is 5.40. The van der Waals surface area contributed by atoms with Gasteiger partial charge in [-0.3, -0.25) is 15.6 Å². The number of thiocarbonyl (C=S) groups is 1. The van der Waals surface area contributed by atoms with Crippen LogP contribution in [0.2, 0.25) is 0 Å². The molecule has 1 aliphatic rings. The maximum Gasteiger partial charge on any atom is 0.242 e. The number of hydrazine groups is 1. The Morgan fingerprint density at radius 2 is 1.89 bits per heavy atom. The van der Waals surface area contributed by atoms with E-state index >= 15 is 0 Å². The van der Waals surface area contributed by atoms with Crippen LogP contribution >= 0.6 is 12.2 Å². The molecule has 1 atom stereocenters. The van der Waals surface area contributed by atoms with Crippen LogP contribution in [-0.4, -0.2) is 36.5 Å². The summed E-state index contributed by atoms with van der Waals surface area (Å²) in [5, 5.41) is 3.27. The zero-order valence-corrected chi connectivity index (χ0v) is 12.4. The molecule has 18 heavy (non-hydrogen) atoms. The van der Waals surface area contributed by atoms with Crippen molar-refractivity contribution in [3.8, 4) is 0 Å². The molecule has 0 aliphatic carbocycles. The highest BCUT2D eigenvalue weighted by Gasteiger charge is 2.32. The lowest BCUT2D eigenvalue weighted by atomic mass is 10.1. The van der Waals surface area contributed by atoms with E-state index in [0.717, 1.165) is 0 Å². The van der Waals surface area contributed by atoms with Crippen LogP contribution < -0.4 is 16.2 Å². The van der Waals surface area contributed by atoms with Crippen LogP contribution in [0.15, 0.2) is 0 Å². The van der Waals surface area contributed by atoms with Gasteiger partial charge in [-0.2, -0.15) is 0 Å². The Bertz CT molecular complexity index is 440. The number of rotatable bonds is 1. The normalized spacial score (nSPS) is 22.3. The van der Waals surface area contributed by atoms with E-state index in [4.69, 9.17) is 12.2 Å². The molecule has 0 aromatic carbocycles. The number of hydrogen-bond donors (Lipinski definition) is 3. The van der Waals surface area contributed by atoms with Gasteiger partial charge in [0.15, 0.2) is 14.9 Å². The summed E-state index contributed by atoms with van der Waals surface area (Å²) in [7, 11) is -3.04. The monoisotopic (exact) mass is 293 g/mol.